The Balaban J connectivity index is 1.64. The number of H-pyrrole nitrogens is 1. The van der Waals surface area contributed by atoms with Crippen LogP contribution in [0.3, 0.4) is 0 Å². The van der Waals surface area contributed by atoms with Gasteiger partial charge in [0.15, 0.2) is 0 Å². The van der Waals surface area contributed by atoms with E-state index in [0.29, 0.717) is 12.3 Å². The van der Waals surface area contributed by atoms with Crippen LogP contribution in [0.15, 0.2) is 17.2 Å². The summed E-state index contributed by atoms with van der Waals surface area (Å²) in [4.78, 5) is 16.8. The number of likely N-dealkylation sites (tertiary alicyclic amines) is 1. The highest BCUT2D eigenvalue weighted by molar-refractivity contribution is 7.89. The third-order valence-electron chi connectivity index (χ3n) is 4.12. The number of carbonyl (C=O) groups excluding carboxylic acids is 1. The van der Waals surface area contributed by atoms with Gasteiger partial charge >= 0.3 is 0 Å². The Kier molecular flexibility index (Phi) is 4.51. The highest BCUT2D eigenvalue weighted by atomic mass is 32.2. The minimum Gasteiger partial charge on any atom is -0.377 e. The van der Waals surface area contributed by atoms with Crippen molar-refractivity contribution < 1.29 is 17.9 Å². The zero-order chi connectivity index (χ0) is 15.6. The molecule has 1 amide bonds. The molecule has 0 bridgehead atoms. The fourth-order valence-electron chi connectivity index (χ4n) is 2.83. The van der Waals surface area contributed by atoms with Crippen LogP contribution in [0.2, 0.25) is 0 Å². The molecule has 2 saturated heterocycles. The number of nitrogens with one attached hydrogen (secondary N) is 2. The molecule has 22 heavy (non-hydrogen) atoms. The number of amides is 1. The lowest BCUT2D eigenvalue weighted by molar-refractivity contribution is 0.0787. The fraction of sp³-hybridized carbons (Fsp3) is 0.643. The van der Waals surface area contributed by atoms with Gasteiger partial charge in [0, 0.05) is 32.4 Å². The summed E-state index contributed by atoms with van der Waals surface area (Å²) in [6.07, 6.45) is 5.14. The van der Waals surface area contributed by atoms with Crippen LogP contribution in [0.4, 0.5) is 0 Å². The highest BCUT2D eigenvalue weighted by Gasteiger charge is 2.24. The molecule has 1 aromatic rings. The molecule has 0 radical (unpaired) electrons. The van der Waals surface area contributed by atoms with Crippen molar-refractivity contribution in [2.24, 2.45) is 0 Å². The van der Waals surface area contributed by atoms with Crippen molar-refractivity contribution in [1.82, 2.24) is 14.6 Å². The molecule has 0 saturated carbocycles. The topological polar surface area (TPSA) is 91.5 Å². The fourth-order valence-corrected chi connectivity index (χ4v) is 3.89. The number of hydrogen-bond donors (Lipinski definition) is 2. The van der Waals surface area contributed by atoms with Crippen LogP contribution >= 0.6 is 0 Å². The van der Waals surface area contributed by atoms with Crippen molar-refractivity contribution in [2.45, 2.75) is 36.7 Å². The summed E-state index contributed by atoms with van der Waals surface area (Å²) in [6.45, 7) is 2.42. The van der Waals surface area contributed by atoms with E-state index in [1.807, 2.05) is 0 Å². The molecule has 0 aromatic carbocycles. The second-order valence-electron chi connectivity index (χ2n) is 5.74. The molecule has 3 heterocycles. The molecule has 7 nitrogen and oxygen atoms in total. The van der Waals surface area contributed by atoms with Gasteiger partial charge in [-0.1, -0.05) is 0 Å². The predicted molar refractivity (Wildman–Crippen MR) is 80.1 cm³/mol. The zero-order valence-corrected chi connectivity index (χ0v) is 13.2. The first kappa shape index (κ1) is 15.5. The standard InChI is InChI=1S/C14H21N3O4S/c18-14(17-5-1-2-6-17)13-8-12(10-15-13)22(19,20)16-9-11-4-3-7-21-11/h8,10-11,15-16H,1-7,9H2. The van der Waals surface area contributed by atoms with Crippen LogP contribution in [0.5, 0.6) is 0 Å². The molecular weight excluding hydrogens is 306 g/mol. The summed E-state index contributed by atoms with van der Waals surface area (Å²) < 4.78 is 32.4. The first-order valence-corrected chi connectivity index (χ1v) is 9.13. The Hall–Kier alpha value is -1.38. The third-order valence-corrected chi connectivity index (χ3v) is 5.52. The maximum Gasteiger partial charge on any atom is 0.270 e. The van der Waals surface area contributed by atoms with E-state index in [-0.39, 0.29) is 23.5 Å². The van der Waals surface area contributed by atoms with Crippen LogP contribution in [0.25, 0.3) is 0 Å². The van der Waals surface area contributed by atoms with Crippen molar-refractivity contribution in [2.75, 3.05) is 26.2 Å². The number of sulfonamides is 1. The third kappa shape index (κ3) is 3.34. The number of ether oxygens (including phenoxy) is 1. The minimum atomic E-state index is -3.62. The monoisotopic (exact) mass is 327 g/mol. The number of aromatic amines is 1. The Morgan fingerprint density at radius 3 is 2.82 bits per heavy atom. The molecule has 1 unspecified atom stereocenters. The van der Waals surface area contributed by atoms with Gasteiger partial charge in [0.05, 0.1) is 6.10 Å². The maximum atomic E-state index is 12.2. The van der Waals surface area contributed by atoms with Gasteiger partial charge in [0.1, 0.15) is 10.6 Å². The smallest absolute Gasteiger partial charge is 0.270 e. The molecule has 8 heteroatoms. The molecule has 0 aliphatic carbocycles. The maximum absolute atomic E-state index is 12.2. The number of rotatable bonds is 5. The number of carbonyl (C=O) groups is 1. The SMILES string of the molecule is O=C(c1cc(S(=O)(=O)NCC2CCCO2)c[nH]1)N1CCCC1. The summed E-state index contributed by atoms with van der Waals surface area (Å²) in [6, 6.07) is 1.40. The lowest BCUT2D eigenvalue weighted by Gasteiger charge is -2.13. The average molecular weight is 327 g/mol. The van der Waals surface area contributed by atoms with Crippen LogP contribution in [-0.2, 0) is 14.8 Å². The van der Waals surface area contributed by atoms with Gasteiger partial charge in [-0.25, -0.2) is 13.1 Å². The molecule has 1 atom stereocenters. The lowest BCUT2D eigenvalue weighted by atomic mass is 10.2. The van der Waals surface area contributed by atoms with Gasteiger partial charge < -0.3 is 14.6 Å². The van der Waals surface area contributed by atoms with Crippen molar-refractivity contribution in [3.63, 3.8) is 0 Å². The van der Waals surface area contributed by atoms with Crippen molar-refractivity contribution in [3.8, 4) is 0 Å². The summed E-state index contributed by atoms with van der Waals surface area (Å²) in [5, 5.41) is 0. The molecule has 122 valence electrons. The summed E-state index contributed by atoms with van der Waals surface area (Å²) in [5.74, 6) is -0.141. The van der Waals surface area contributed by atoms with Gasteiger partial charge in [0.25, 0.3) is 5.91 Å². The van der Waals surface area contributed by atoms with Crippen LogP contribution in [0.1, 0.15) is 36.2 Å². The first-order chi connectivity index (χ1) is 10.6. The lowest BCUT2D eigenvalue weighted by Crippen LogP contribution is -2.31. The van der Waals surface area contributed by atoms with Crippen molar-refractivity contribution in [3.05, 3.63) is 18.0 Å². The van der Waals surface area contributed by atoms with Crippen LogP contribution < -0.4 is 4.72 Å². The molecule has 2 N–H and O–H groups in total. The molecule has 2 aliphatic rings. The first-order valence-electron chi connectivity index (χ1n) is 7.65. The minimum absolute atomic E-state index is 0.0561. The van der Waals surface area contributed by atoms with E-state index in [4.69, 9.17) is 4.74 Å². The number of nitrogens with zero attached hydrogens (tertiary/aromatic N) is 1. The average Bonchev–Trinajstić information content (AvgIpc) is 3.26. The Bertz CT molecular complexity index is 628. The summed E-state index contributed by atoms with van der Waals surface area (Å²) in [7, 11) is -3.62. The van der Waals surface area contributed by atoms with E-state index in [1.165, 1.54) is 12.3 Å². The molecule has 0 spiro atoms. The number of aromatic nitrogens is 1. The molecular formula is C14H21N3O4S. The van der Waals surface area contributed by atoms with E-state index in [2.05, 4.69) is 9.71 Å². The van der Waals surface area contributed by atoms with E-state index >= 15 is 0 Å². The molecule has 2 aliphatic heterocycles. The second-order valence-corrected chi connectivity index (χ2v) is 7.50. The van der Waals surface area contributed by atoms with E-state index in [0.717, 1.165) is 38.8 Å². The Morgan fingerprint density at radius 2 is 2.14 bits per heavy atom. The Morgan fingerprint density at radius 1 is 1.36 bits per heavy atom. The van der Waals surface area contributed by atoms with Gasteiger partial charge in [-0.15, -0.1) is 0 Å². The summed E-state index contributed by atoms with van der Waals surface area (Å²) >= 11 is 0. The van der Waals surface area contributed by atoms with Gasteiger partial charge in [-0.05, 0) is 31.7 Å². The Labute approximate surface area is 130 Å². The molecule has 2 fully saturated rings. The van der Waals surface area contributed by atoms with E-state index < -0.39 is 10.0 Å². The normalized spacial score (nSPS) is 22.4. The van der Waals surface area contributed by atoms with Gasteiger partial charge in [-0.3, -0.25) is 4.79 Å². The largest absolute Gasteiger partial charge is 0.377 e. The zero-order valence-electron chi connectivity index (χ0n) is 12.4. The highest BCUT2D eigenvalue weighted by Crippen LogP contribution is 2.17. The predicted octanol–water partition coefficient (Wildman–Crippen LogP) is 0.708. The molecule has 3 rings (SSSR count). The quantitative estimate of drug-likeness (QED) is 0.833. The number of hydrogen-bond acceptors (Lipinski definition) is 4. The molecule has 1 aromatic heterocycles. The van der Waals surface area contributed by atoms with Crippen molar-refractivity contribution in [1.29, 1.82) is 0 Å². The summed E-state index contributed by atoms with van der Waals surface area (Å²) in [5.41, 5.74) is 0.319. The van der Waals surface area contributed by atoms with E-state index in [1.54, 1.807) is 4.90 Å². The second kappa shape index (κ2) is 6.39. The van der Waals surface area contributed by atoms with E-state index in [9.17, 15) is 13.2 Å². The van der Waals surface area contributed by atoms with Gasteiger partial charge in [0.2, 0.25) is 10.0 Å². The van der Waals surface area contributed by atoms with Crippen LogP contribution in [-0.4, -0.2) is 56.6 Å². The van der Waals surface area contributed by atoms with Gasteiger partial charge in [-0.2, -0.15) is 0 Å². The van der Waals surface area contributed by atoms with Crippen LogP contribution in [0, 0.1) is 0 Å². The van der Waals surface area contributed by atoms with Crippen molar-refractivity contribution >= 4 is 15.9 Å².